The number of hydrogen-bond acceptors (Lipinski definition) is 1. The summed E-state index contributed by atoms with van der Waals surface area (Å²) < 4.78 is 6.55. The Morgan fingerprint density at radius 3 is 2.30 bits per heavy atom. The van der Waals surface area contributed by atoms with E-state index >= 15 is 0 Å². The molecule has 0 aromatic carbocycles. The van der Waals surface area contributed by atoms with Gasteiger partial charge in [-0.15, -0.1) is 0 Å². The molecule has 2 heteroatoms. The van der Waals surface area contributed by atoms with E-state index in [1.165, 1.54) is 38.5 Å². The van der Waals surface area contributed by atoms with Crippen LogP contribution in [-0.2, 0) is 4.43 Å². The van der Waals surface area contributed by atoms with Crippen molar-refractivity contribution in [2.45, 2.75) is 98.9 Å². The number of allylic oxidation sites excluding steroid dienone is 1. The van der Waals surface area contributed by atoms with Gasteiger partial charge in [-0.2, -0.15) is 0 Å². The van der Waals surface area contributed by atoms with Crippen LogP contribution in [0.4, 0.5) is 0 Å². The van der Waals surface area contributed by atoms with Crippen molar-refractivity contribution in [3.05, 3.63) is 11.6 Å². The Kier molecular flexibility index (Phi) is 4.83. The Balaban J connectivity index is 1.68. The predicted molar refractivity (Wildman–Crippen MR) is 118 cm³/mol. The quantitative estimate of drug-likeness (QED) is 0.356. The SMILES string of the molecule is C[C@@H]1C2=CC(O[Si](C)(C)C)CC[C@]2(C)C2CC[C@@]3(C)C(CC[C@@H]3C)C2[C@H]1C. The molecular weight excluding hydrogens is 344 g/mol. The highest BCUT2D eigenvalue weighted by Crippen LogP contribution is 2.68. The van der Waals surface area contributed by atoms with E-state index in [4.69, 9.17) is 4.43 Å². The Labute approximate surface area is 169 Å². The van der Waals surface area contributed by atoms with Crippen LogP contribution < -0.4 is 0 Å². The smallest absolute Gasteiger partial charge is 0.184 e. The van der Waals surface area contributed by atoms with E-state index in [1.807, 2.05) is 0 Å². The number of rotatable bonds is 2. The van der Waals surface area contributed by atoms with Crippen molar-refractivity contribution < 1.29 is 4.43 Å². The second-order valence-electron chi connectivity index (χ2n) is 12.3. The van der Waals surface area contributed by atoms with Gasteiger partial charge in [0.05, 0.1) is 6.10 Å². The molecule has 0 aromatic rings. The predicted octanol–water partition coefficient (Wildman–Crippen LogP) is 7.30. The van der Waals surface area contributed by atoms with Crippen LogP contribution in [0, 0.1) is 46.3 Å². The molecule has 0 spiro atoms. The van der Waals surface area contributed by atoms with Gasteiger partial charge >= 0.3 is 0 Å². The first-order chi connectivity index (χ1) is 12.5. The first-order valence-corrected chi connectivity index (χ1v) is 15.3. The van der Waals surface area contributed by atoms with Crippen LogP contribution in [0.15, 0.2) is 11.6 Å². The van der Waals surface area contributed by atoms with Gasteiger partial charge in [-0.05, 0) is 105 Å². The van der Waals surface area contributed by atoms with Crippen molar-refractivity contribution in [1.29, 1.82) is 0 Å². The summed E-state index contributed by atoms with van der Waals surface area (Å²) in [4.78, 5) is 0. The first-order valence-electron chi connectivity index (χ1n) is 11.9. The highest BCUT2D eigenvalue weighted by molar-refractivity contribution is 6.69. The maximum atomic E-state index is 6.55. The van der Waals surface area contributed by atoms with Crippen LogP contribution in [-0.4, -0.2) is 14.4 Å². The molecule has 3 fully saturated rings. The van der Waals surface area contributed by atoms with Gasteiger partial charge in [-0.25, -0.2) is 0 Å². The van der Waals surface area contributed by atoms with E-state index in [0.29, 0.717) is 16.9 Å². The molecule has 0 saturated heterocycles. The molecule has 0 aliphatic heterocycles. The minimum Gasteiger partial charge on any atom is -0.411 e. The molecule has 0 amide bonds. The number of fused-ring (bicyclic) bond motifs is 5. The van der Waals surface area contributed by atoms with E-state index in [-0.39, 0.29) is 0 Å². The molecule has 0 heterocycles. The second-order valence-corrected chi connectivity index (χ2v) is 16.8. The molecule has 4 aliphatic rings. The summed E-state index contributed by atoms with van der Waals surface area (Å²) in [5.41, 5.74) is 2.83. The molecule has 4 rings (SSSR count). The average Bonchev–Trinajstić information content (AvgIpc) is 2.88. The zero-order valence-corrected chi connectivity index (χ0v) is 20.3. The lowest BCUT2D eigenvalue weighted by Crippen LogP contribution is -2.55. The summed E-state index contributed by atoms with van der Waals surface area (Å²) in [5, 5.41) is 0. The Morgan fingerprint density at radius 2 is 1.63 bits per heavy atom. The van der Waals surface area contributed by atoms with Crippen LogP contribution >= 0.6 is 0 Å². The van der Waals surface area contributed by atoms with Crippen LogP contribution in [0.2, 0.25) is 19.6 Å². The van der Waals surface area contributed by atoms with E-state index in [9.17, 15) is 0 Å². The van der Waals surface area contributed by atoms with Crippen molar-refractivity contribution in [3.8, 4) is 0 Å². The van der Waals surface area contributed by atoms with E-state index in [2.05, 4.69) is 60.3 Å². The summed E-state index contributed by atoms with van der Waals surface area (Å²) in [6.07, 6.45) is 11.5. The van der Waals surface area contributed by atoms with Crippen molar-refractivity contribution in [1.82, 2.24) is 0 Å². The van der Waals surface area contributed by atoms with E-state index in [1.54, 1.807) is 5.57 Å². The molecule has 4 aliphatic carbocycles. The zero-order valence-electron chi connectivity index (χ0n) is 19.3. The molecule has 1 nitrogen and oxygen atoms in total. The monoisotopic (exact) mass is 388 g/mol. The minimum absolute atomic E-state index is 0.381. The lowest BCUT2D eigenvalue weighted by molar-refractivity contribution is -0.0898. The van der Waals surface area contributed by atoms with Crippen molar-refractivity contribution in [3.63, 3.8) is 0 Å². The maximum Gasteiger partial charge on any atom is 0.184 e. The largest absolute Gasteiger partial charge is 0.411 e. The van der Waals surface area contributed by atoms with Gasteiger partial charge in [0.2, 0.25) is 0 Å². The molecular formula is C25H44OSi. The Morgan fingerprint density at radius 1 is 0.926 bits per heavy atom. The molecule has 4 unspecified atom stereocenters. The first kappa shape index (κ1) is 20.2. The summed E-state index contributed by atoms with van der Waals surface area (Å²) in [6.45, 7) is 20.0. The molecule has 0 N–H and O–H groups in total. The third-order valence-corrected chi connectivity index (χ3v) is 11.0. The van der Waals surface area contributed by atoms with Gasteiger partial charge in [0.1, 0.15) is 0 Å². The molecule has 27 heavy (non-hydrogen) atoms. The van der Waals surface area contributed by atoms with Gasteiger partial charge in [0.25, 0.3) is 0 Å². The lowest BCUT2D eigenvalue weighted by atomic mass is 9.43. The minimum atomic E-state index is -1.48. The van der Waals surface area contributed by atoms with Crippen LogP contribution in [0.3, 0.4) is 0 Å². The van der Waals surface area contributed by atoms with Gasteiger partial charge in [0, 0.05) is 0 Å². The molecule has 3 saturated carbocycles. The van der Waals surface area contributed by atoms with Crippen LogP contribution in [0.1, 0.15) is 73.1 Å². The highest BCUT2D eigenvalue weighted by Gasteiger charge is 2.61. The van der Waals surface area contributed by atoms with E-state index in [0.717, 1.165) is 35.5 Å². The van der Waals surface area contributed by atoms with Crippen molar-refractivity contribution >= 4 is 8.32 Å². The molecule has 0 bridgehead atoms. The Bertz CT molecular complexity index is 618. The average molecular weight is 389 g/mol. The molecule has 0 radical (unpaired) electrons. The second kappa shape index (κ2) is 6.46. The van der Waals surface area contributed by atoms with Crippen LogP contribution in [0.5, 0.6) is 0 Å². The Hall–Kier alpha value is -0.0831. The number of hydrogen-bond donors (Lipinski definition) is 0. The summed E-state index contributed by atoms with van der Waals surface area (Å²) in [5.74, 6) is 5.30. The highest BCUT2D eigenvalue weighted by atomic mass is 28.4. The summed E-state index contributed by atoms with van der Waals surface area (Å²) in [7, 11) is -1.48. The topological polar surface area (TPSA) is 9.23 Å². The zero-order chi connectivity index (χ0) is 19.8. The molecule has 154 valence electrons. The summed E-state index contributed by atoms with van der Waals surface area (Å²) >= 11 is 0. The standard InChI is InChI=1S/C25H44OSi/c1-16-9-10-20-23-18(3)17(2)22-15-19(26-27(6,7)8)11-13-25(22,5)21(23)12-14-24(16,20)4/h15-21,23H,9-14H2,1-8H3/t16-,17-,18-,19?,20?,21?,23?,24+,25+/m0/s1. The molecule has 9 atom stereocenters. The van der Waals surface area contributed by atoms with Gasteiger partial charge in [-0.1, -0.05) is 46.3 Å². The van der Waals surface area contributed by atoms with Gasteiger partial charge in [0.15, 0.2) is 8.32 Å². The maximum absolute atomic E-state index is 6.55. The van der Waals surface area contributed by atoms with Crippen molar-refractivity contribution in [2.75, 3.05) is 0 Å². The fourth-order valence-electron chi connectivity index (χ4n) is 8.23. The van der Waals surface area contributed by atoms with Gasteiger partial charge in [-0.3, -0.25) is 0 Å². The third kappa shape index (κ3) is 3.03. The third-order valence-electron chi connectivity index (χ3n) is 9.99. The lowest BCUT2D eigenvalue weighted by Gasteiger charge is -2.62. The fraction of sp³-hybridized carbons (Fsp3) is 0.920. The van der Waals surface area contributed by atoms with Gasteiger partial charge < -0.3 is 4.43 Å². The van der Waals surface area contributed by atoms with Crippen molar-refractivity contribution in [2.24, 2.45) is 46.3 Å². The fourth-order valence-corrected chi connectivity index (χ4v) is 9.32. The molecule has 0 aromatic heterocycles. The summed E-state index contributed by atoms with van der Waals surface area (Å²) in [6, 6.07) is 0. The van der Waals surface area contributed by atoms with Crippen LogP contribution in [0.25, 0.3) is 0 Å². The van der Waals surface area contributed by atoms with E-state index < -0.39 is 8.32 Å². The normalized spacial score (nSPS) is 52.6.